The van der Waals surface area contributed by atoms with E-state index in [-0.39, 0.29) is 11.5 Å². The number of carbonyl (C=O) groups excluding carboxylic acids is 1. The molecule has 1 unspecified atom stereocenters. The molecule has 0 saturated heterocycles. The van der Waals surface area contributed by atoms with Crippen molar-refractivity contribution in [2.24, 2.45) is 0 Å². The van der Waals surface area contributed by atoms with E-state index in [2.05, 4.69) is 11.9 Å². The molecule has 0 radical (unpaired) electrons. The molecular weight excluding hydrogens is 424 g/mol. The Morgan fingerprint density at radius 3 is 2.69 bits per heavy atom. The van der Waals surface area contributed by atoms with Crippen LogP contribution in [0.1, 0.15) is 44.8 Å². The van der Waals surface area contributed by atoms with Crippen LogP contribution in [0.25, 0.3) is 11.3 Å². The highest BCUT2D eigenvalue weighted by Crippen LogP contribution is 2.39. The number of fused-ring (bicyclic) bond motifs is 3. The SMILES string of the molecule is CCCCCSc1n[n+]2c(c(=O)[nH]1)-c1ccccc1N(C(C)=O)C2c1ccccc1OC. The minimum absolute atomic E-state index is 0.147. The van der Waals surface area contributed by atoms with Crippen molar-refractivity contribution < 1.29 is 14.2 Å². The summed E-state index contributed by atoms with van der Waals surface area (Å²) in [5.74, 6) is 1.34. The molecule has 1 N–H and O–H groups in total. The van der Waals surface area contributed by atoms with Gasteiger partial charge in [-0.15, -0.1) is 0 Å². The number of methoxy groups -OCH3 is 1. The number of nitrogens with zero attached hydrogens (tertiary/aromatic N) is 3. The number of benzene rings is 2. The smallest absolute Gasteiger partial charge is 0.325 e. The minimum atomic E-state index is -0.647. The maximum atomic E-state index is 13.3. The van der Waals surface area contributed by atoms with E-state index in [1.165, 1.54) is 18.7 Å². The van der Waals surface area contributed by atoms with Crippen molar-refractivity contribution in [3.05, 3.63) is 64.4 Å². The van der Waals surface area contributed by atoms with Crippen LogP contribution in [0.4, 0.5) is 5.69 Å². The number of nitrogens with one attached hydrogen (secondary N) is 1. The number of unbranched alkanes of at least 4 members (excludes halogenated alkanes) is 2. The van der Waals surface area contributed by atoms with Crippen LogP contribution in [0.5, 0.6) is 5.75 Å². The number of anilines is 1. The highest BCUT2D eigenvalue weighted by Gasteiger charge is 2.45. The molecule has 0 fully saturated rings. The molecule has 2 aromatic carbocycles. The molecule has 32 heavy (non-hydrogen) atoms. The van der Waals surface area contributed by atoms with Gasteiger partial charge in [-0.1, -0.05) is 55.8 Å². The van der Waals surface area contributed by atoms with Gasteiger partial charge in [-0.05, 0) is 35.4 Å². The second kappa shape index (κ2) is 9.56. The van der Waals surface area contributed by atoms with E-state index in [9.17, 15) is 9.59 Å². The Kier molecular flexibility index (Phi) is 6.60. The number of para-hydroxylation sites is 2. The first-order valence-electron chi connectivity index (χ1n) is 10.8. The number of thioether (sulfide) groups is 1. The lowest BCUT2D eigenvalue weighted by atomic mass is 10.0. The molecule has 7 nitrogen and oxygen atoms in total. The van der Waals surface area contributed by atoms with E-state index >= 15 is 0 Å². The van der Waals surface area contributed by atoms with E-state index < -0.39 is 6.17 Å². The number of amides is 1. The summed E-state index contributed by atoms with van der Waals surface area (Å²) in [6, 6.07) is 15.0. The monoisotopic (exact) mass is 451 g/mol. The fourth-order valence-corrected chi connectivity index (χ4v) is 4.91. The van der Waals surface area contributed by atoms with Gasteiger partial charge in [0.2, 0.25) is 11.1 Å². The van der Waals surface area contributed by atoms with Crippen LogP contribution < -0.4 is 19.9 Å². The van der Waals surface area contributed by atoms with Crippen LogP contribution >= 0.6 is 11.8 Å². The van der Waals surface area contributed by atoms with Gasteiger partial charge in [-0.2, -0.15) is 0 Å². The van der Waals surface area contributed by atoms with Crippen molar-refractivity contribution in [3.8, 4) is 17.0 Å². The Morgan fingerprint density at radius 2 is 1.94 bits per heavy atom. The number of H-pyrrole nitrogens is 1. The molecule has 1 aliphatic rings. The van der Waals surface area contributed by atoms with E-state index in [1.54, 1.807) is 16.7 Å². The van der Waals surface area contributed by atoms with Gasteiger partial charge in [0.05, 0.1) is 23.9 Å². The zero-order valence-corrected chi connectivity index (χ0v) is 19.3. The number of ether oxygens (including phenoxy) is 1. The average Bonchev–Trinajstić information content (AvgIpc) is 2.80. The number of rotatable bonds is 7. The lowest BCUT2D eigenvalue weighted by Crippen LogP contribution is -2.60. The number of hydrogen-bond acceptors (Lipinski definition) is 5. The van der Waals surface area contributed by atoms with Gasteiger partial charge in [-0.3, -0.25) is 14.6 Å². The van der Waals surface area contributed by atoms with Crippen LogP contribution in [0, 0.1) is 0 Å². The average molecular weight is 452 g/mol. The highest BCUT2D eigenvalue weighted by atomic mass is 32.2. The zero-order valence-electron chi connectivity index (χ0n) is 18.5. The highest BCUT2D eigenvalue weighted by molar-refractivity contribution is 7.99. The summed E-state index contributed by atoms with van der Waals surface area (Å²) in [6.07, 6.45) is 2.66. The van der Waals surface area contributed by atoms with Crippen LogP contribution in [0.3, 0.4) is 0 Å². The Balaban J connectivity index is 1.94. The lowest BCUT2D eigenvalue weighted by molar-refractivity contribution is -0.763. The van der Waals surface area contributed by atoms with E-state index in [4.69, 9.17) is 9.84 Å². The first-order valence-corrected chi connectivity index (χ1v) is 11.8. The van der Waals surface area contributed by atoms with Gasteiger partial charge in [0, 0.05) is 17.8 Å². The molecule has 1 amide bonds. The molecule has 1 atom stereocenters. The molecule has 0 aliphatic carbocycles. The maximum Gasteiger partial charge on any atom is 0.325 e. The van der Waals surface area contributed by atoms with Crippen LogP contribution in [-0.4, -0.2) is 28.9 Å². The molecular formula is C24H27N4O3S+. The van der Waals surface area contributed by atoms with Gasteiger partial charge < -0.3 is 4.74 Å². The number of aromatic nitrogens is 3. The van der Waals surface area contributed by atoms with E-state index in [0.717, 1.165) is 30.6 Å². The van der Waals surface area contributed by atoms with E-state index in [0.29, 0.717) is 27.9 Å². The summed E-state index contributed by atoms with van der Waals surface area (Å²) >= 11 is 1.52. The fraction of sp³-hybridized carbons (Fsp3) is 0.333. The normalized spacial score (nSPS) is 14.6. The lowest BCUT2D eigenvalue weighted by Gasteiger charge is -2.31. The van der Waals surface area contributed by atoms with Gasteiger partial charge in [-0.25, -0.2) is 4.90 Å². The first-order chi connectivity index (χ1) is 15.6. The molecule has 166 valence electrons. The van der Waals surface area contributed by atoms with Crippen LogP contribution in [-0.2, 0) is 4.79 Å². The summed E-state index contributed by atoms with van der Waals surface area (Å²) in [4.78, 5) is 30.8. The fourth-order valence-electron chi connectivity index (χ4n) is 4.06. The largest absolute Gasteiger partial charge is 0.496 e. The third-order valence-electron chi connectivity index (χ3n) is 5.50. The summed E-state index contributed by atoms with van der Waals surface area (Å²) in [5, 5.41) is 5.35. The Morgan fingerprint density at radius 1 is 1.19 bits per heavy atom. The topological polar surface area (TPSA) is 79.2 Å². The van der Waals surface area contributed by atoms with Crippen molar-refractivity contribution in [2.75, 3.05) is 17.8 Å². The molecule has 2 heterocycles. The maximum absolute atomic E-state index is 13.3. The Labute approximate surface area is 191 Å². The third kappa shape index (κ3) is 4.02. The summed E-state index contributed by atoms with van der Waals surface area (Å²) in [5.41, 5.74) is 2.29. The molecule has 4 rings (SSSR count). The van der Waals surface area contributed by atoms with Crippen molar-refractivity contribution >= 4 is 23.4 Å². The van der Waals surface area contributed by atoms with Crippen molar-refractivity contribution in [1.82, 2.24) is 10.1 Å². The number of hydrogen-bond donors (Lipinski definition) is 1. The summed E-state index contributed by atoms with van der Waals surface area (Å²) in [6.45, 7) is 3.68. The second-order valence-electron chi connectivity index (χ2n) is 7.63. The van der Waals surface area contributed by atoms with E-state index in [1.807, 2.05) is 48.5 Å². The molecule has 1 aliphatic heterocycles. The van der Waals surface area contributed by atoms with Gasteiger partial charge in [0.1, 0.15) is 5.75 Å². The standard InChI is InChI=1S/C24H26N4O3S/c1-4-5-10-15-32-24-25-22(30)21-17-11-6-8-13-19(17)27(16(2)29)23(28(21)26-24)18-12-7-9-14-20(18)31-3/h6-9,11-14,23H,4-5,10,15H2,1-3H3/p+1. The van der Waals surface area contributed by atoms with Crippen molar-refractivity contribution in [1.29, 1.82) is 0 Å². The quantitative estimate of drug-likeness (QED) is 0.335. The van der Waals surface area contributed by atoms with Crippen molar-refractivity contribution in [3.63, 3.8) is 0 Å². The zero-order chi connectivity index (χ0) is 22.7. The third-order valence-corrected chi connectivity index (χ3v) is 6.45. The Bertz CT molecular complexity index is 1190. The second-order valence-corrected chi connectivity index (χ2v) is 8.71. The molecule has 3 aromatic rings. The van der Waals surface area contributed by atoms with Crippen LogP contribution in [0.15, 0.2) is 58.5 Å². The number of carbonyl (C=O) groups is 1. The Hall–Kier alpha value is -3.13. The molecule has 0 saturated carbocycles. The van der Waals surface area contributed by atoms with Gasteiger partial charge >= 0.3 is 11.3 Å². The molecule has 0 bridgehead atoms. The first kappa shape index (κ1) is 22.1. The summed E-state index contributed by atoms with van der Waals surface area (Å²) in [7, 11) is 1.60. The number of aromatic amines is 1. The molecule has 8 heteroatoms. The summed E-state index contributed by atoms with van der Waals surface area (Å²) < 4.78 is 7.28. The minimum Gasteiger partial charge on any atom is -0.496 e. The predicted octanol–water partition coefficient (Wildman–Crippen LogP) is 3.93. The van der Waals surface area contributed by atoms with Crippen LogP contribution in [0.2, 0.25) is 0 Å². The van der Waals surface area contributed by atoms with Crippen molar-refractivity contribution in [2.45, 2.75) is 44.4 Å². The molecule has 0 spiro atoms. The van der Waals surface area contributed by atoms with Gasteiger partial charge in [0.15, 0.2) is 0 Å². The van der Waals surface area contributed by atoms with Gasteiger partial charge in [0.25, 0.3) is 6.17 Å². The molecule has 1 aromatic heterocycles. The predicted molar refractivity (Wildman–Crippen MR) is 125 cm³/mol.